The van der Waals surface area contributed by atoms with Gasteiger partial charge in [0.2, 0.25) is 0 Å². The van der Waals surface area contributed by atoms with Crippen molar-refractivity contribution in [2.45, 2.75) is 57.7 Å². The summed E-state index contributed by atoms with van der Waals surface area (Å²) >= 11 is 0. The van der Waals surface area contributed by atoms with Crippen molar-refractivity contribution in [1.82, 2.24) is 30.1 Å². The van der Waals surface area contributed by atoms with Crippen LogP contribution in [0.4, 0.5) is 0 Å². The molecule has 6 rings (SSSR count). The Morgan fingerprint density at radius 3 is 2.41 bits per heavy atom. The minimum atomic E-state index is -0.404. The number of fused-ring (bicyclic) bond motifs is 1. The van der Waals surface area contributed by atoms with E-state index in [9.17, 15) is 4.79 Å². The Morgan fingerprint density at radius 1 is 0.949 bits per heavy atom. The van der Waals surface area contributed by atoms with Crippen molar-refractivity contribution in [3.8, 4) is 0 Å². The summed E-state index contributed by atoms with van der Waals surface area (Å²) in [6.45, 7) is 3.48. The topological polar surface area (TPSA) is 79.7 Å². The van der Waals surface area contributed by atoms with E-state index in [-0.39, 0.29) is 11.6 Å². The highest BCUT2D eigenvalue weighted by Gasteiger charge is 2.33. The Hall–Kier alpha value is -4.10. The molecule has 0 amide bonds. The average molecular weight is 519 g/mol. The number of H-pyrrole nitrogens is 1. The maximum absolute atomic E-state index is 13.8. The number of nitrogens with one attached hydrogen (secondary N) is 1. The first kappa shape index (κ1) is 25.2. The third-order valence-corrected chi connectivity index (χ3v) is 7.88. The lowest BCUT2D eigenvalue weighted by molar-refractivity contribution is 0.201. The number of rotatable bonds is 9. The molecule has 3 aromatic carbocycles. The standard InChI is InChI=1S/C32H34N6O/c1-23-16-17-29-26(20-23)21-28(32(39)33-29)30(31-34-35-36-38(31)27-14-8-9-15-27)37(22-25-12-6-3-7-13-25)19-18-24-10-4-2-5-11-24/h2-7,10-13,16-17,20-21,27,30H,8-9,14-15,18-19,22H2,1H3,(H,33,39)/t30-/m0/s1. The number of aromatic nitrogens is 5. The second-order valence-electron chi connectivity index (χ2n) is 10.7. The molecule has 1 N–H and O–H groups in total. The van der Waals surface area contributed by atoms with Gasteiger partial charge >= 0.3 is 0 Å². The van der Waals surface area contributed by atoms with Gasteiger partial charge in [0.05, 0.1) is 6.04 Å². The first-order chi connectivity index (χ1) is 19.2. The van der Waals surface area contributed by atoms with Crippen LogP contribution in [0.3, 0.4) is 0 Å². The van der Waals surface area contributed by atoms with E-state index >= 15 is 0 Å². The molecule has 1 aliphatic carbocycles. The highest BCUT2D eigenvalue weighted by Crippen LogP contribution is 2.34. The molecule has 2 heterocycles. The Balaban J connectivity index is 1.50. The minimum absolute atomic E-state index is 0.102. The smallest absolute Gasteiger partial charge is 0.253 e. The van der Waals surface area contributed by atoms with Crippen LogP contribution in [-0.4, -0.2) is 36.6 Å². The molecule has 7 heteroatoms. The number of pyridine rings is 1. The fourth-order valence-corrected chi connectivity index (χ4v) is 5.87. The van der Waals surface area contributed by atoms with Crippen molar-refractivity contribution in [2.24, 2.45) is 0 Å². The summed E-state index contributed by atoms with van der Waals surface area (Å²) < 4.78 is 2.00. The molecule has 1 fully saturated rings. The number of aryl methyl sites for hydroxylation is 1. The van der Waals surface area contributed by atoms with Crippen molar-refractivity contribution >= 4 is 10.9 Å². The van der Waals surface area contributed by atoms with E-state index in [1.54, 1.807) is 0 Å². The van der Waals surface area contributed by atoms with Gasteiger partial charge in [-0.2, -0.15) is 0 Å². The van der Waals surface area contributed by atoms with Crippen molar-refractivity contribution < 1.29 is 0 Å². The van der Waals surface area contributed by atoms with Crippen LogP contribution in [0.15, 0.2) is 89.7 Å². The van der Waals surface area contributed by atoms with Crippen LogP contribution in [0.5, 0.6) is 0 Å². The minimum Gasteiger partial charge on any atom is -0.322 e. The second kappa shape index (κ2) is 11.3. The monoisotopic (exact) mass is 518 g/mol. The zero-order valence-electron chi connectivity index (χ0n) is 22.3. The molecule has 1 atom stereocenters. The molecule has 5 aromatic rings. The van der Waals surface area contributed by atoms with E-state index in [2.05, 4.69) is 86.9 Å². The van der Waals surface area contributed by atoms with Gasteiger partial charge in [-0.3, -0.25) is 9.69 Å². The summed E-state index contributed by atoms with van der Waals surface area (Å²) in [4.78, 5) is 19.3. The average Bonchev–Trinajstić information content (AvgIpc) is 3.66. The van der Waals surface area contributed by atoms with Crippen molar-refractivity contribution in [1.29, 1.82) is 0 Å². The molecule has 39 heavy (non-hydrogen) atoms. The number of hydrogen-bond donors (Lipinski definition) is 1. The highest BCUT2D eigenvalue weighted by molar-refractivity contribution is 5.79. The molecule has 0 aliphatic heterocycles. The lowest BCUT2D eigenvalue weighted by Crippen LogP contribution is -2.36. The van der Waals surface area contributed by atoms with Crippen LogP contribution in [0.1, 0.15) is 65.8 Å². The molecule has 0 radical (unpaired) electrons. The van der Waals surface area contributed by atoms with Gasteiger partial charge in [-0.1, -0.05) is 85.1 Å². The zero-order chi connectivity index (χ0) is 26.6. The van der Waals surface area contributed by atoms with Gasteiger partial charge in [0.1, 0.15) is 6.04 Å². The Morgan fingerprint density at radius 2 is 1.67 bits per heavy atom. The summed E-state index contributed by atoms with van der Waals surface area (Å²) in [6.07, 6.45) is 5.31. The van der Waals surface area contributed by atoms with Crippen LogP contribution >= 0.6 is 0 Å². The summed E-state index contributed by atoms with van der Waals surface area (Å²) in [6, 6.07) is 29.0. The lowest BCUT2D eigenvalue weighted by atomic mass is 10.0. The fourth-order valence-electron chi connectivity index (χ4n) is 5.87. The first-order valence-electron chi connectivity index (χ1n) is 13.9. The van der Waals surface area contributed by atoms with E-state index in [0.29, 0.717) is 12.1 Å². The molecule has 7 nitrogen and oxygen atoms in total. The summed E-state index contributed by atoms with van der Waals surface area (Å²) in [7, 11) is 0. The van der Waals surface area contributed by atoms with Gasteiger partial charge in [0.25, 0.3) is 5.56 Å². The second-order valence-corrected chi connectivity index (χ2v) is 10.7. The van der Waals surface area contributed by atoms with E-state index < -0.39 is 6.04 Å². The maximum Gasteiger partial charge on any atom is 0.253 e. The van der Waals surface area contributed by atoms with E-state index in [0.717, 1.165) is 48.1 Å². The van der Waals surface area contributed by atoms with Gasteiger partial charge in [0.15, 0.2) is 5.82 Å². The lowest BCUT2D eigenvalue weighted by Gasteiger charge is -2.32. The van der Waals surface area contributed by atoms with Gasteiger partial charge in [-0.25, -0.2) is 4.68 Å². The summed E-state index contributed by atoms with van der Waals surface area (Å²) in [5.41, 5.74) is 5.00. The largest absolute Gasteiger partial charge is 0.322 e. The number of hydrogen-bond acceptors (Lipinski definition) is 5. The summed E-state index contributed by atoms with van der Waals surface area (Å²) in [5.74, 6) is 0.739. The molecule has 0 spiro atoms. The molecule has 0 bridgehead atoms. The zero-order valence-corrected chi connectivity index (χ0v) is 22.3. The molecule has 0 unspecified atom stereocenters. The van der Waals surface area contributed by atoms with Gasteiger partial charge < -0.3 is 4.98 Å². The number of benzene rings is 3. The van der Waals surface area contributed by atoms with Gasteiger partial charge in [0, 0.05) is 24.2 Å². The van der Waals surface area contributed by atoms with Crippen LogP contribution in [0, 0.1) is 6.92 Å². The normalized spacial score (nSPS) is 14.8. The van der Waals surface area contributed by atoms with Crippen molar-refractivity contribution in [3.05, 3.63) is 123 Å². The van der Waals surface area contributed by atoms with Crippen molar-refractivity contribution in [2.75, 3.05) is 6.54 Å². The summed E-state index contributed by atoms with van der Waals surface area (Å²) in [5, 5.41) is 14.2. The third-order valence-electron chi connectivity index (χ3n) is 7.88. The van der Waals surface area contributed by atoms with Crippen LogP contribution in [0.2, 0.25) is 0 Å². The van der Waals surface area contributed by atoms with Crippen LogP contribution in [-0.2, 0) is 13.0 Å². The molecule has 0 saturated heterocycles. The molecule has 2 aromatic heterocycles. The van der Waals surface area contributed by atoms with E-state index in [1.807, 2.05) is 35.0 Å². The fraction of sp³-hybridized carbons (Fsp3) is 0.312. The van der Waals surface area contributed by atoms with Gasteiger partial charge in [-0.15, -0.1) is 5.10 Å². The van der Waals surface area contributed by atoms with E-state index in [4.69, 9.17) is 0 Å². The maximum atomic E-state index is 13.8. The number of nitrogens with zero attached hydrogens (tertiary/aromatic N) is 5. The van der Waals surface area contributed by atoms with Crippen molar-refractivity contribution in [3.63, 3.8) is 0 Å². The molecular weight excluding hydrogens is 484 g/mol. The molecule has 198 valence electrons. The van der Waals surface area contributed by atoms with Gasteiger partial charge in [-0.05, 0) is 71.3 Å². The van der Waals surface area contributed by atoms with Crippen LogP contribution in [0.25, 0.3) is 10.9 Å². The van der Waals surface area contributed by atoms with Crippen LogP contribution < -0.4 is 5.56 Å². The molecule has 1 saturated carbocycles. The Bertz CT molecular complexity index is 1590. The quantitative estimate of drug-likeness (QED) is 0.268. The Labute approximate surface area is 228 Å². The predicted octanol–water partition coefficient (Wildman–Crippen LogP) is 5.77. The molecular formula is C32H34N6O. The Kier molecular flexibility index (Phi) is 7.32. The van der Waals surface area contributed by atoms with E-state index in [1.165, 1.54) is 24.0 Å². The molecule has 1 aliphatic rings. The number of tetrazole rings is 1. The predicted molar refractivity (Wildman–Crippen MR) is 153 cm³/mol. The highest BCUT2D eigenvalue weighted by atomic mass is 16.1. The first-order valence-corrected chi connectivity index (χ1v) is 13.9. The number of aromatic amines is 1. The SMILES string of the molecule is Cc1ccc2[nH]c(=O)c([C@@H](c3nnnn3C3CCCC3)N(CCc3ccccc3)Cc3ccccc3)cc2c1. The third kappa shape index (κ3) is 5.54.